The molecule has 0 bridgehead atoms. The number of anilines is 1. The molecule has 1 aliphatic heterocycles. The minimum absolute atomic E-state index is 0.172. The summed E-state index contributed by atoms with van der Waals surface area (Å²) < 4.78 is 0. The van der Waals surface area contributed by atoms with E-state index in [0.29, 0.717) is 11.7 Å². The van der Waals surface area contributed by atoms with E-state index in [-0.39, 0.29) is 6.04 Å². The molecule has 2 nitrogen and oxygen atoms in total. The second kappa shape index (κ2) is 10.3. The van der Waals surface area contributed by atoms with Gasteiger partial charge in [-0.25, -0.2) is 0 Å². The molecule has 0 spiro atoms. The number of phenolic OH excluding ortho intramolecular Hbond substituents is 1. The van der Waals surface area contributed by atoms with Gasteiger partial charge in [0.2, 0.25) is 0 Å². The lowest BCUT2D eigenvalue weighted by Gasteiger charge is -2.28. The summed E-state index contributed by atoms with van der Waals surface area (Å²) in [6.45, 7) is 12.8. The van der Waals surface area contributed by atoms with Crippen molar-refractivity contribution in [2.75, 3.05) is 4.90 Å². The zero-order chi connectivity index (χ0) is 22.4. The third-order valence-corrected chi connectivity index (χ3v) is 6.20. The Morgan fingerprint density at radius 1 is 0.968 bits per heavy atom. The molecule has 3 aromatic carbocycles. The Kier molecular flexibility index (Phi) is 7.57. The number of allylic oxidation sites excluding steroid dienone is 1. The first-order valence-corrected chi connectivity index (χ1v) is 11.3. The molecule has 2 atom stereocenters. The summed E-state index contributed by atoms with van der Waals surface area (Å²) in [6, 6.07) is 25.2. The van der Waals surface area contributed by atoms with Crippen LogP contribution in [0.4, 0.5) is 5.69 Å². The van der Waals surface area contributed by atoms with Gasteiger partial charge in [-0.3, -0.25) is 0 Å². The molecular formula is C29H35NO. The molecule has 1 fully saturated rings. The quantitative estimate of drug-likeness (QED) is 0.467. The smallest absolute Gasteiger partial charge is 0.121 e. The monoisotopic (exact) mass is 413 g/mol. The first-order valence-electron chi connectivity index (χ1n) is 11.3. The maximum Gasteiger partial charge on any atom is 0.121 e. The van der Waals surface area contributed by atoms with Crippen molar-refractivity contribution in [3.05, 3.63) is 107 Å². The molecule has 2 heteroatoms. The first-order chi connectivity index (χ1) is 14.9. The maximum atomic E-state index is 10.2. The molecule has 3 aromatic rings. The Morgan fingerprint density at radius 3 is 2.23 bits per heavy atom. The van der Waals surface area contributed by atoms with Gasteiger partial charge in [0.25, 0.3) is 0 Å². The summed E-state index contributed by atoms with van der Waals surface area (Å²) in [5.74, 6) is 1.08. The van der Waals surface area contributed by atoms with Crippen molar-refractivity contribution in [3.63, 3.8) is 0 Å². The second-order valence-corrected chi connectivity index (χ2v) is 8.61. The van der Waals surface area contributed by atoms with Crippen molar-refractivity contribution in [3.8, 4) is 5.75 Å². The lowest BCUT2D eigenvalue weighted by Crippen LogP contribution is -2.20. The fourth-order valence-corrected chi connectivity index (χ4v) is 4.09. The van der Waals surface area contributed by atoms with Crippen LogP contribution < -0.4 is 4.90 Å². The van der Waals surface area contributed by atoms with Crippen molar-refractivity contribution in [1.29, 1.82) is 0 Å². The summed E-state index contributed by atoms with van der Waals surface area (Å²) in [5, 5.41) is 10.2. The molecule has 0 amide bonds. The SMILES string of the molecule is C=C1CCC(c2ccc(C)cc2O)N1c1ccccc1.CCC(C)c1ccc(C)cc1. The largest absolute Gasteiger partial charge is 0.508 e. The van der Waals surface area contributed by atoms with Gasteiger partial charge in [-0.05, 0) is 68.4 Å². The van der Waals surface area contributed by atoms with Gasteiger partial charge in [-0.2, -0.15) is 0 Å². The summed E-state index contributed by atoms with van der Waals surface area (Å²) in [5.41, 5.74) is 7.11. The summed E-state index contributed by atoms with van der Waals surface area (Å²) >= 11 is 0. The van der Waals surface area contributed by atoms with Gasteiger partial charge in [-0.1, -0.05) is 80.6 Å². The number of aryl methyl sites for hydroxylation is 2. The maximum absolute atomic E-state index is 10.2. The van der Waals surface area contributed by atoms with E-state index in [1.165, 1.54) is 17.5 Å². The number of para-hydroxylation sites is 1. The normalized spacial score (nSPS) is 16.6. The van der Waals surface area contributed by atoms with E-state index in [1.54, 1.807) is 0 Å². The number of benzene rings is 3. The molecule has 2 unspecified atom stereocenters. The minimum atomic E-state index is 0.172. The highest BCUT2D eigenvalue weighted by Crippen LogP contribution is 2.43. The molecule has 0 saturated carbocycles. The van der Waals surface area contributed by atoms with E-state index in [9.17, 15) is 5.11 Å². The Hall–Kier alpha value is -3.00. The molecule has 4 rings (SSSR count). The van der Waals surface area contributed by atoms with E-state index in [2.05, 4.69) is 74.7 Å². The fraction of sp³-hybridized carbons (Fsp3) is 0.310. The van der Waals surface area contributed by atoms with Crippen molar-refractivity contribution < 1.29 is 5.11 Å². The third kappa shape index (κ3) is 5.58. The highest BCUT2D eigenvalue weighted by atomic mass is 16.3. The third-order valence-electron chi connectivity index (χ3n) is 6.20. The van der Waals surface area contributed by atoms with E-state index in [1.807, 2.05) is 37.3 Å². The minimum Gasteiger partial charge on any atom is -0.508 e. The lowest BCUT2D eigenvalue weighted by atomic mass is 9.98. The number of rotatable bonds is 4. The van der Waals surface area contributed by atoms with Gasteiger partial charge >= 0.3 is 0 Å². The van der Waals surface area contributed by atoms with Gasteiger partial charge in [0, 0.05) is 16.9 Å². The second-order valence-electron chi connectivity index (χ2n) is 8.61. The molecule has 0 aliphatic carbocycles. The van der Waals surface area contributed by atoms with Crippen LogP contribution in [0, 0.1) is 13.8 Å². The average Bonchev–Trinajstić information content (AvgIpc) is 3.16. The molecular weight excluding hydrogens is 378 g/mol. The fourth-order valence-electron chi connectivity index (χ4n) is 4.09. The van der Waals surface area contributed by atoms with E-state index in [4.69, 9.17) is 0 Å². The van der Waals surface area contributed by atoms with Crippen LogP contribution in [-0.4, -0.2) is 5.11 Å². The summed E-state index contributed by atoms with van der Waals surface area (Å²) in [6.07, 6.45) is 3.18. The molecule has 1 N–H and O–H groups in total. The summed E-state index contributed by atoms with van der Waals surface area (Å²) in [7, 11) is 0. The predicted octanol–water partition coefficient (Wildman–Crippen LogP) is 8.06. The van der Waals surface area contributed by atoms with Crippen LogP contribution in [0.5, 0.6) is 5.75 Å². The topological polar surface area (TPSA) is 23.5 Å². The summed E-state index contributed by atoms with van der Waals surface area (Å²) in [4.78, 5) is 2.24. The Balaban J connectivity index is 0.000000210. The standard InChI is InChI=1S/C18H19NO.C11H16/c1-13-8-10-16(18(20)12-13)17-11-9-14(2)19(17)15-6-4-3-5-7-15;1-4-10(3)11-7-5-9(2)6-8-11/h3-8,10,12,17,20H,2,9,11H2,1H3;5-8,10H,4H2,1-3H3. The zero-order valence-electron chi connectivity index (χ0n) is 19.3. The van der Waals surface area contributed by atoms with E-state index >= 15 is 0 Å². The lowest BCUT2D eigenvalue weighted by molar-refractivity contribution is 0.461. The number of aromatic hydroxyl groups is 1. The van der Waals surface area contributed by atoms with Crippen LogP contribution in [0.15, 0.2) is 85.1 Å². The molecule has 1 saturated heterocycles. The molecule has 0 aromatic heterocycles. The van der Waals surface area contributed by atoms with Gasteiger partial charge in [0.15, 0.2) is 0 Å². The van der Waals surface area contributed by atoms with E-state index < -0.39 is 0 Å². The van der Waals surface area contributed by atoms with Crippen LogP contribution in [0.25, 0.3) is 0 Å². The van der Waals surface area contributed by atoms with Crippen LogP contribution in [0.2, 0.25) is 0 Å². The number of hydrogen-bond acceptors (Lipinski definition) is 2. The zero-order valence-corrected chi connectivity index (χ0v) is 19.3. The van der Waals surface area contributed by atoms with Crippen molar-refractivity contribution in [2.45, 2.75) is 58.9 Å². The van der Waals surface area contributed by atoms with Gasteiger partial charge < -0.3 is 10.0 Å². The molecule has 1 aliphatic rings. The van der Waals surface area contributed by atoms with Gasteiger partial charge in [0.05, 0.1) is 6.04 Å². The van der Waals surface area contributed by atoms with Crippen LogP contribution in [-0.2, 0) is 0 Å². The van der Waals surface area contributed by atoms with Gasteiger partial charge in [0.1, 0.15) is 5.75 Å². The van der Waals surface area contributed by atoms with Crippen LogP contribution in [0.1, 0.15) is 67.3 Å². The Morgan fingerprint density at radius 2 is 1.61 bits per heavy atom. The van der Waals surface area contributed by atoms with Crippen LogP contribution in [0.3, 0.4) is 0 Å². The van der Waals surface area contributed by atoms with Crippen molar-refractivity contribution in [1.82, 2.24) is 0 Å². The van der Waals surface area contributed by atoms with Crippen molar-refractivity contribution in [2.24, 2.45) is 0 Å². The predicted molar refractivity (Wildman–Crippen MR) is 133 cm³/mol. The average molecular weight is 414 g/mol. The number of phenols is 1. The number of hydrogen-bond donors (Lipinski definition) is 1. The van der Waals surface area contributed by atoms with Gasteiger partial charge in [-0.15, -0.1) is 0 Å². The number of nitrogens with zero attached hydrogens (tertiary/aromatic N) is 1. The highest BCUT2D eigenvalue weighted by molar-refractivity contribution is 5.57. The molecule has 0 radical (unpaired) electrons. The van der Waals surface area contributed by atoms with E-state index in [0.717, 1.165) is 35.4 Å². The van der Waals surface area contributed by atoms with Crippen LogP contribution >= 0.6 is 0 Å². The molecule has 31 heavy (non-hydrogen) atoms. The first kappa shape index (κ1) is 22.7. The molecule has 1 heterocycles. The Bertz CT molecular complexity index is 991. The molecule has 162 valence electrons. The van der Waals surface area contributed by atoms with Crippen molar-refractivity contribution >= 4 is 5.69 Å². The highest BCUT2D eigenvalue weighted by Gasteiger charge is 2.30. The Labute approximate surface area is 187 Å².